The zero-order valence-corrected chi connectivity index (χ0v) is 17.8. The average Bonchev–Trinajstić information content (AvgIpc) is 2.83. The molecule has 0 saturated carbocycles. The van der Waals surface area contributed by atoms with E-state index in [0.717, 1.165) is 33.3 Å². The molecule has 3 heterocycles. The number of hydrogen-bond donors (Lipinski definition) is 1. The van der Waals surface area contributed by atoms with Gasteiger partial charge in [-0.1, -0.05) is 60.7 Å². The third kappa shape index (κ3) is 3.53. The predicted molar refractivity (Wildman–Crippen MR) is 129 cm³/mol. The standard InChI is InChI=1S/C26H18ClN3O2/c1-2-11-32-22-15-29-26-20(25(22)31)14-19(23(30-26)16-7-4-3-5-8-16)18-12-17-9-6-10-28-24(17)21(27)13-18/h2-10,12-15H,1,11H2,(H,29,30,31). The highest BCUT2D eigenvalue weighted by Crippen LogP contribution is 2.36. The molecule has 0 aliphatic carbocycles. The minimum atomic E-state index is -0.234. The second kappa shape index (κ2) is 8.29. The van der Waals surface area contributed by atoms with Crippen LogP contribution < -0.4 is 10.2 Å². The molecule has 0 fully saturated rings. The Labute approximate surface area is 189 Å². The van der Waals surface area contributed by atoms with Gasteiger partial charge >= 0.3 is 0 Å². The molecule has 5 rings (SSSR count). The van der Waals surface area contributed by atoms with Gasteiger partial charge in [0.25, 0.3) is 0 Å². The number of nitrogens with one attached hydrogen (secondary N) is 1. The van der Waals surface area contributed by atoms with Crippen LogP contribution in [0.2, 0.25) is 5.02 Å². The van der Waals surface area contributed by atoms with Gasteiger partial charge in [-0.2, -0.15) is 0 Å². The molecule has 0 radical (unpaired) electrons. The molecule has 32 heavy (non-hydrogen) atoms. The summed E-state index contributed by atoms with van der Waals surface area (Å²) < 4.78 is 5.51. The van der Waals surface area contributed by atoms with Crippen molar-refractivity contribution >= 4 is 33.5 Å². The topological polar surface area (TPSA) is 67.9 Å². The molecule has 0 saturated heterocycles. The highest BCUT2D eigenvalue weighted by Gasteiger charge is 2.16. The quantitative estimate of drug-likeness (QED) is 0.340. The van der Waals surface area contributed by atoms with E-state index in [1.54, 1.807) is 12.3 Å². The molecule has 5 nitrogen and oxygen atoms in total. The molecule has 0 amide bonds. The van der Waals surface area contributed by atoms with Crippen molar-refractivity contribution in [3.8, 4) is 28.1 Å². The monoisotopic (exact) mass is 439 g/mol. The summed E-state index contributed by atoms with van der Waals surface area (Å²) in [7, 11) is 0. The first-order chi connectivity index (χ1) is 15.7. The van der Waals surface area contributed by atoms with Crippen molar-refractivity contribution < 1.29 is 4.74 Å². The van der Waals surface area contributed by atoms with E-state index in [1.165, 1.54) is 6.20 Å². The summed E-state index contributed by atoms with van der Waals surface area (Å²) in [6, 6.07) is 19.4. The van der Waals surface area contributed by atoms with E-state index >= 15 is 0 Å². The summed E-state index contributed by atoms with van der Waals surface area (Å²) in [5.41, 5.74) is 4.29. The van der Waals surface area contributed by atoms with Gasteiger partial charge in [0.15, 0.2) is 5.75 Å². The van der Waals surface area contributed by atoms with Crippen molar-refractivity contribution in [1.29, 1.82) is 0 Å². The van der Waals surface area contributed by atoms with E-state index in [-0.39, 0.29) is 17.8 Å². The number of ether oxygens (including phenoxy) is 1. The van der Waals surface area contributed by atoms with Crippen molar-refractivity contribution in [2.45, 2.75) is 0 Å². The highest BCUT2D eigenvalue weighted by molar-refractivity contribution is 6.35. The van der Waals surface area contributed by atoms with E-state index in [4.69, 9.17) is 21.3 Å². The van der Waals surface area contributed by atoms with Crippen LogP contribution in [0.1, 0.15) is 0 Å². The van der Waals surface area contributed by atoms with Gasteiger partial charge < -0.3 is 9.72 Å². The number of rotatable bonds is 5. The maximum atomic E-state index is 13.1. The van der Waals surface area contributed by atoms with E-state index in [2.05, 4.69) is 16.5 Å². The number of benzene rings is 2. The van der Waals surface area contributed by atoms with Gasteiger partial charge in [0.2, 0.25) is 5.43 Å². The lowest BCUT2D eigenvalue weighted by atomic mass is 9.97. The summed E-state index contributed by atoms with van der Waals surface area (Å²) in [5, 5.41) is 1.88. The third-order valence-electron chi connectivity index (χ3n) is 5.20. The Bertz CT molecular complexity index is 1530. The zero-order chi connectivity index (χ0) is 22.1. The first-order valence-electron chi connectivity index (χ1n) is 10.1. The van der Waals surface area contributed by atoms with Crippen LogP contribution in [0.3, 0.4) is 0 Å². The minimum Gasteiger partial charge on any atom is -0.484 e. The van der Waals surface area contributed by atoms with Crippen LogP contribution in [0.4, 0.5) is 0 Å². The first kappa shape index (κ1) is 20.0. The number of halogens is 1. The number of fused-ring (bicyclic) bond motifs is 2. The van der Waals surface area contributed by atoms with Crippen LogP contribution in [-0.2, 0) is 0 Å². The number of H-pyrrole nitrogens is 1. The molecular formula is C26H18ClN3O2. The normalized spacial score (nSPS) is 11.0. The maximum Gasteiger partial charge on any atom is 0.232 e. The summed E-state index contributed by atoms with van der Waals surface area (Å²) >= 11 is 6.56. The van der Waals surface area contributed by atoms with Crippen molar-refractivity contribution in [1.82, 2.24) is 15.0 Å². The van der Waals surface area contributed by atoms with Gasteiger partial charge in [0, 0.05) is 28.9 Å². The number of aromatic amines is 1. The molecular weight excluding hydrogens is 422 g/mol. The van der Waals surface area contributed by atoms with Crippen LogP contribution in [-0.4, -0.2) is 21.6 Å². The molecule has 2 aromatic carbocycles. The summed E-state index contributed by atoms with van der Waals surface area (Å²) in [6.07, 6.45) is 4.84. The molecule has 0 aliphatic heterocycles. The van der Waals surface area contributed by atoms with Crippen LogP contribution in [0, 0.1) is 0 Å². The number of hydrogen-bond acceptors (Lipinski definition) is 4. The Kier molecular flexibility index (Phi) is 5.17. The lowest BCUT2D eigenvalue weighted by Gasteiger charge is -2.13. The lowest BCUT2D eigenvalue weighted by molar-refractivity contribution is 0.359. The fourth-order valence-corrected chi connectivity index (χ4v) is 4.00. The van der Waals surface area contributed by atoms with Gasteiger partial charge in [0.1, 0.15) is 12.3 Å². The summed E-state index contributed by atoms with van der Waals surface area (Å²) in [4.78, 5) is 25.4. The van der Waals surface area contributed by atoms with Crippen LogP contribution in [0.25, 0.3) is 44.3 Å². The van der Waals surface area contributed by atoms with E-state index in [9.17, 15) is 4.79 Å². The Hall–Kier alpha value is -3.96. The highest BCUT2D eigenvalue weighted by atomic mass is 35.5. The molecule has 0 aliphatic rings. The number of pyridine rings is 3. The zero-order valence-electron chi connectivity index (χ0n) is 17.0. The van der Waals surface area contributed by atoms with Gasteiger partial charge in [-0.15, -0.1) is 0 Å². The first-order valence-corrected chi connectivity index (χ1v) is 10.4. The average molecular weight is 440 g/mol. The summed E-state index contributed by atoms with van der Waals surface area (Å²) in [6.45, 7) is 3.87. The van der Waals surface area contributed by atoms with Gasteiger partial charge in [-0.3, -0.25) is 9.78 Å². The Morgan fingerprint density at radius 3 is 2.72 bits per heavy atom. The van der Waals surface area contributed by atoms with E-state index in [0.29, 0.717) is 16.1 Å². The fraction of sp³-hybridized carbons (Fsp3) is 0.0385. The van der Waals surface area contributed by atoms with Crippen LogP contribution in [0.15, 0.2) is 90.5 Å². The molecule has 5 aromatic rings. The smallest absolute Gasteiger partial charge is 0.232 e. The molecule has 156 valence electrons. The Morgan fingerprint density at radius 1 is 1.06 bits per heavy atom. The van der Waals surface area contributed by atoms with Crippen LogP contribution in [0.5, 0.6) is 5.75 Å². The van der Waals surface area contributed by atoms with Crippen molar-refractivity contribution in [3.63, 3.8) is 0 Å². The molecule has 6 heteroatoms. The van der Waals surface area contributed by atoms with E-state index in [1.807, 2.05) is 60.7 Å². The molecule has 0 spiro atoms. The Balaban J connectivity index is 1.81. The molecule has 1 N–H and O–H groups in total. The summed E-state index contributed by atoms with van der Waals surface area (Å²) in [5.74, 6) is 0.221. The number of aromatic nitrogens is 3. The van der Waals surface area contributed by atoms with Crippen LogP contribution >= 0.6 is 11.6 Å². The van der Waals surface area contributed by atoms with Crippen molar-refractivity contribution in [2.24, 2.45) is 0 Å². The predicted octanol–water partition coefficient (Wildman–Crippen LogP) is 6.02. The van der Waals surface area contributed by atoms with Gasteiger partial charge in [-0.05, 0) is 29.8 Å². The van der Waals surface area contributed by atoms with Crippen molar-refractivity contribution in [3.05, 3.63) is 101 Å². The lowest BCUT2D eigenvalue weighted by Crippen LogP contribution is -2.10. The molecule has 3 aromatic heterocycles. The molecule has 0 atom stereocenters. The second-order valence-electron chi connectivity index (χ2n) is 7.26. The second-order valence-corrected chi connectivity index (χ2v) is 7.67. The Morgan fingerprint density at radius 2 is 1.91 bits per heavy atom. The van der Waals surface area contributed by atoms with E-state index < -0.39 is 0 Å². The maximum absolute atomic E-state index is 13.1. The SMILES string of the molecule is C=CCOc1c[nH]c2nc(-c3ccccc3)c(-c3cc(Cl)c4ncccc4c3)cc2c1=O. The van der Waals surface area contributed by atoms with Gasteiger partial charge in [0.05, 0.1) is 21.6 Å². The number of nitrogens with zero attached hydrogens (tertiary/aromatic N) is 2. The van der Waals surface area contributed by atoms with Gasteiger partial charge in [-0.25, -0.2) is 4.98 Å². The minimum absolute atomic E-state index is 0.221. The molecule has 0 unspecified atom stereocenters. The third-order valence-corrected chi connectivity index (χ3v) is 5.49. The fourth-order valence-electron chi connectivity index (χ4n) is 3.72. The molecule has 0 bridgehead atoms. The largest absolute Gasteiger partial charge is 0.484 e. The van der Waals surface area contributed by atoms with Crippen molar-refractivity contribution in [2.75, 3.05) is 6.61 Å².